The lowest BCUT2D eigenvalue weighted by molar-refractivity contribution is -0.128. The van der Waals surface area contributed by atoms with Crippen molar-refractivity contribution < 1.29 is 9.53 Å². The minimum absolute atomic E-state index is 0.00531. The molecule has 0 aromatic heterocycles. The van der Waals surface area contributed by atoms with Crippen LogP contribution in [0.3, 0.4) is 0 Å². The van der Waals surface area contributed by atoms with Gasteiger partial charge in [0.15, 0.2) is 0 Å². The lowest BCUT2D eigenvalue weighted by Crippen LogP contribution is -2.31. The standard InChI is InChI=1S/C17H26N2O2/c1-12(2)6-5-9-19-16(20)11-18-17(19)14-7-8-15(21-4)13(3)10-14/h7-8,10,12,17-18H,5-6,9,11H2,1-4H3. The maximum Gasteiger partial charge on any atom is 0.238 e. The first-order chi connectivity index (χ1) is 10.0. The van der Waals surface area contributed by atoms with E-state index in [4.69, 9.17) is 4.74 Å². The van der Waals surface area contributed by atoms with E-state index >= 15 is 0 Å². The van der Waals surface area contributed by atoms with Crippen LogP contribution in [0.1, 0.15) is 44.0 Å². The second-order valence-corrected chi connectivity index (χ2v) is 6.14. The summed E-state index contributed by atoms with van der Waals surface area (Å²) in [5, 5.41) is 3.31. The lowest BCUT2D eigenvalue weighted by atomic mass is 10.1. The second kappa shape index (κ2) is 6.94. The van der Waals surface area contributed by atoms with Gasteiger partial charge in [0.25, 0.3) is 0 Å². The van der Waals surface area contributed by atoms with E-state index in [0.717, 1.165) is 36.3 Å². The molecule has 1 unspecified atom stereocenters. The molecule has 1 aliphatic rings. The van der Waals surface area contributed by atoms with E-state index in [0.29, 0.717) is 12.5 Å². The van der Waals surface area contributed by atoms with E-state index in [1.165, 1.54) is 0 Å². The van der Waals surface area contributed by atoms with Gasteiger partial charge in [0.05, 0.1) is 13.7 Å². The number of benzene rings is 1. The highest BCUT2D eigenvalue weighted by Crippen LogP contribution is 2.27. The molecule has 116 valence electrons. The third-order valence-corrected chi connectivity index (χ3v) is 3.99. The summed E-state index contributed by atoms with van der Waals surface area (Å²) in [6.07, 6.45) is 2.20. The molecule has 1 aromatic carbocycles. The van der Waals surface area contributed by atoms with E-state index in [-0.39, 0.29) is 12.1 Å². The Hall–Kier alpha value is -1.55. The number of amides is 1. The Bertz CT molecular complexity index is 500. The molecule has 4 nitrogen and oxygen atoms in total. The van der Waals surface area contributed by atoms with Crippen molar-refractivity contribution in [3.8, 4) is 5.75 Å². The average molecular weight is 290 g/mol. The number of carbonyl (C=O) groups excluding carboxylic acids is 1. The highest BCUT2D eigenvalue weighted by molar-refractivity contribution is 5.81. The Labute approximate surface area is 127 Å². The summed E-state index contributed by atoms with van der Waals surface area (Å²) in [5.74, 6) is 1.75. The molecule has 4 heteroatoms. The first-order valence-electron chi connectivity index (χ1n) is 7.70. The Morgan fingerprint density at radius 1 is 1.43 bits per heavy atom. The van der Waals surface area contributed by atoms with Crippen LogP contribution in [-0.4, -0.2) is 31.0 Å². The van der Waals surface area contributed by atoms with Gasteiger partial charge in [-0.05, 0) is 48.9 Å². The Balaban J connectivity index is 2.09. The van der Waals surface area contributed by atoms with Crippen LogP contribution in [0.5, 0.6) is 5.75 Å². The van der Waals surface area contributed by atoms with Crippen molar-refractivity contribution in [1.29, 1.82) is 0 Å². The van der Waals surface area contributed by atoms with Gasteiger partial charge in [0.1, 0.15) is 11.9 Å². The summed E-state index contributed by atoms with van der Waals surface area (Å²) in [7, 11) is 1.68. The van der Waals surface area contributed by atoms with Crippen molar-refractivity contribution >= 4 is 5.91 Å². The summed E-state index contributed by atoms with van der Waals surface area (Å²) < 4.78 is 5.30. The predicted molar refractivity (Wildman–Crippen MR) is 84.3 cm³/mol. The van der Waals surface area contributed by atoms with Gasteiger partial charge in [0, 0.05) is 6.54 Å². The Kier molecular flexibility index (Phi) is 5.23. The molecular weight excluding hydrogens is 264 g/mol. The number of hydrogen-bond donors (Lipinski definition) is 1. The molecule has 0 spiro atoms. The highest BCUT2D eigenvalue weighted by Gasteiger charge is 2.31. The zero-order valence-electron chi connectivity index (χ0n) is 13.5. The van der Waals surface area contributed by atoms with Crippen molar-refractivity contribution in [2.75, 3.05) is 20.2 Å². The number of ether oxygens (including phenoxy) is 1. The summed E-state index contributed by atoms with van der Waals surface area (Å²) in [6.45, 7) is 7.71. The van der Waals surface area contributed by atoms with Crippen molar-refractivity contribution in [2.24, 2.45) is 5.92 Å². The predicted octanol–water partition coefficient (Wildman–Crippen LogP) is 2.87. The monoisotopic (exact) mass is 290 g/mol. The fraction of sp³-hybridized carbons (Fsp3) is 0.588. The summed E-state index contributed by atoms with van der Waals surface area (Å²) in [4.78, 5) is 14.0. The van der Waals surface area contributed by atoms with Crippen LogP contribution in [0.2, 0.25) is 0 Å². The SMILES string of the molecule is COc1ccc(C2NCC(=O)N2CCCC(C)C)cc1C. The minimum Gasteiger partial charge on any atom is -0.496 e. The molecule has 2 rings (SSSR count). The highest BCUT2D eigenvalue weighted by atomic mass is 16.5. The minimum atomic E-state index is -0.00531. The third-order valence-electron chi connectivity index (χ3n) is 3.99. The molecule has 1 heterocycles. The van der Waals surface area contributed by atoms with Gasteiger partial charge in [-0.3, -0.25) is 10.1 Å². The third kappa shape index (κ3) is 3.76. The molecule has 0 bridgehead atoms. The van der Waals surface area contributed by atoms with Crippen LogP contribution in [0, 0.1) is 12.8 Å². The summed E-state index contributed by atoms with van der Waals surface area (Å²) >= 11 is 0. The number of hydrogen-bond acceptors (Lipinski definition) is 3. The van der Waals surface area contributed by atoms with Gasteiger partial charge >= 0.3 is 0 Å². The molecule has 1 amide bonds. The zero-order valence-corrected chi connectivity index (χ0v) is 13.5. The number of methoxy groups -OCH3 is 1. The number of nitrogens with zero attached hydrogens (tertiary/aromatic N) is 1. The fourth-order valence-corrected chi connectivity index (χ4v) is 2.83. The van der Waals surface area contributed by atoms with Crippen LogP contribution < -0.4 is 10.1 Å². The molecule has 0 radical (unpaired) electrons. The molecule has 1 atom stereocenters. The molecular formula is C17H26N2O2. The molecule has 0 saturated carbocycles. The molecule has 1 N–H and O–H groups in total. The van der Waals surface area contributed by atoms with E-state index < -0.39 is 0 Å². The van der Waals surface area contributed by atoms with Crippen LogP contribution >= 0.6 is 0 Å². The molecule has 1 fully saturated rings. The van der Waals surface area contributed by atoms with Gasteiger partial charge in [-0.25, -0.2) is 0 Å². The maximum absolute atomic E-state index is 12.1. The fourth-order valence-electron chi connectivity index (χ4n) is 2.83. The zero-order chi connectivity index (χ0) is 15.4. The molecule has 0 aliphatic carbocycles. The second-order valence-electron chi connectivity index (χ2n) is 6.14. The van der Waals surface area contributed by atoms with Crippen LogP contribution in [0.15, 0.2) is 18.2 Å². The number of nitrogens with one attached hydrogen (secondary N) is 1. The van der Waals surface area contributed by atoms with Crippen molar-refractivity contribution in [3.05, 3.63) is 29.3 Å². The quantitative estimate of drug-likeness (QED) is 0.876. The van der Waals surface area contributed by atoms with Gasteiger partial charge in [0.2, 0.25) is 5.91 Å². The largest absolute Gasteiger partial charge is 0.496 e. The molecule has 21 heavy (non-hydrogen) atoms. The van der Waals surface area contributed by atoms with Crippen LogP contribution in [-0.2, 0) is 4.79 Å². The lowest BCUT2D eigenvalue weighted by Gasteiger charge is -2.25. The van der Waals surface area contributed by atoms with E-state index in [9.17, 15) is 4.79 Å². The van der Waals surface area contributed by atoms with Gasteiger partial charge < -0.3 is 9.64 Å². The smallest absolute Gasteiger partial charge is 0.238 e. The number of carbonyl (C=O) groups is 1. The molecule has 1 saturated heterocycles. The van der Waals surface area contributed by atoms with E-state index in [1.807, 2.05) is 24.0 Å². The summed E-state index contributed by atoms with van der Waals surface area (Å²) in [5.41, 5.74) is 2.22. The van der Waals surface area contributed by atoms with E-state index in [1.54, 1.807) is 7.11 Å². The number of aryl methyl sites for hydroxylation is 1. The maximum atomic E-state index is 12.1. The van der Waals surface area contributed by atoms with Gasteiger partial charge in [-0.2, -0.15) is 0 Å². The van der Waals surface area contributed by atoms with Crippen molar-refractivity contribution in [3.63, 3.8) is 0 Å². The van der Waals surface area contributed by atoms with Crippen LogP contribution in [0.4, 0.5) is 0 Å². The first kappa shape index (κ1) is 15.8. The Morgan fingerprint density at radius 2 is 2.19 bits per heavy atom. The normalized spacial score (nSPS) is 18.6. The number of rotatable bonds is 6. The van der Waals surface area contributed by atoms with Crippen LogP contribution in [0.25, 0.3) is 0 Å². The van der Waals surface area contributed by atoms with Gasteiger partial charge in [-0.1, -0.05) is 19.9 Å². The van der Waals surface area contributed by atoms with Crippen molar-refractivity contribution in [1.82, 2.24) is 10.2 Å². The Morgan fingerprint density at radius 3 is 2.81 bits per heavy atom. The van der Waals surface area contributed by atoms with Gasteiger partial charge in [-0.15, -0.1) is 0 Å². The molecule has 1 aliphatic heterocycles. The average Bonchev–Trinajstić information content (AvgIpc) is 2.80. The topological polar surface area (TPSA) is 41.6 Å². The first-order valence-corrected chi connectivity index (χ1v) is 7.70. The van der Waals surface area contributed by atoms with Crippen molar-refractivity contribution in [2.45, 2.75) is 39.8 Å². The molecule has 1 aromatic rings. The van der Waals surface area contributed by atoms with E-state index in [2.05, 4.69) is 25.2 Å². The summed E-state index contributed by atoms with van der Waals surface area (Å²) in [6, 6.07) is 6.11.